The van der Waals surface area contributed by atoms with Gasteiger partial charge >= 0.3 is 5.97 Å². The van der Waals surface area contributed by atoms with Crippen molar-refractivity contribution in [2.75, 3.05) is 11.1 Å². The molecule has 0 radical (unpaired) electrons. The molecular weight excluding hydrogens is 322 g/mol. The summed E-state index contributed by atoms with van der Waals surface area (Å²) >= 11 is 1.51. The molecule has 0 bridgehead atoms. The average Bonchev–Trinajstić information content (AvgIpc) is 2.56. The Bertz CT molecular complexity index is 713. The number of aliphatic carboxylic acids is 1. The average molecular weight is 343 g/mol. The summed E-state index contributed by atoms with van der Waals surface area (Å²) in [5, 5.41) is 11.8. The number of thioether (sulfide) groups is 1. The molecule has 1 amide bonds. The number of carbonyl (C=O) groups excluding carboxylic acids is 1. The van der Waals surface area contributed by atoms with E-state index >= 15 is 0 Å². The minimum absolute atomic E-state index is 0.0603. The Kier molecular flexibility index (Phi) is 6.44. The minimum atomic E-state index is -0.805. The fraction of sp³-hybridized carbons (Fsp3) is 0.263. The summed E-state index contributed by atoms with van der Waals surface area (Å²) in [6, 6.07) is 15.3. The van der Waals surface area contributed by atoms with E-state index in [4.69, 9.17) is 5.11 Å². The normalized spacial score (nSPS) is 11.8. The third-order valence-electron chi connectivity index (χ3n) is 3.65. The first-order valence-electron chi connectivity index (χ1n) is 7.75. The van der Waals surface area contributed by atoms with E-state index in [9.17, 15) is 9.59 Å². The second-order valence-electron chi connectivity index (χ2n) is 5.74. The third kappa shape index (κ3) is 5.42. The van der Waals surface area contributed by atoms with E-state index in [1.165, 1.54) is 11.8 Å². The lowest BCUT2D eigenvalue weighted by molar-refractivity contribution is -0.141. The molecule has 0 heterocycles. The highest BCUT2D eigenvalue weighted by atomic mass is 32.2. The molecule has 0 saturated carbocycles. The van der Waals surface area contributed by atoms with Gasteiger partial charge in [0.2, 0.25) is 5.91 Å². The number of benzene rings is 2. The molecule has 0 saturated heterocycles. The molecule has 2 aromatic rings. The zero-order valence-electron chi connectivity index (χ0n) is 13.8. The largest absolute Gasteiger partial charge is 0.481 e. The van der Waals surface area contributed by atoms with Crippen molar-refractivity contribution in [2.45, 2.75) is 25.2 Å². The molecule has 4 nitrogen and oxygen atoms in total. The number of nitrogens with one attached hydrogen (secondary N) is 1. The highest BCUT2D eigenvalue weighted by molar-refractivity contribution is 8.00. The van der Waals surface area contributed by atoms with Crippen molar-refractivity contribution in [3.05, 3.63) is 59.7 Å². The molecule has 0 fully saturated rings. The molecule has 2 aromatic carbocycles. The van der Waals surface area contributed by atoms with Crippen LogP contribution in [0.3, 0.4) is 0 Å². The van der Waals surface area contributed by atoms with Crippen LogP contribution in [0.4, 0.5) is 5.69 Å². The lowest BCUT2D eigenvalue weighted by Crippen LogP contribution is -2.14. The third-order valence-corrected chi connectivity index (χ3v) is 4.83. The molecular formula is C19H21NO3S. The quantitative estimate of drug-likeness (QED) is 0.746. The van der Waals surface area contributed by atoms with Crippen LogP contribution in [0.25, 0.3) is 0 Å². The van der Waals surface area contributed by atoms with Crippen molar-refractivity contribution in [1.82, 2.24) is 0 Å². The number of hydrogen-bond donors (Lipinski definition) is 2. The summed E-state index contributed by atoms with van der Waals surface area (Å²) in [5.74, 6) is -0.936. The molecule has 0 spiro atoms. The van der Waals surface area contributed by atoms with E-state index in [1.54, 1.807) is 19.1 Å². The number of rotatable bonds is 7. The first-order valence-corrected chi connectivity index (χ1v) is 8.74. The van der Waals surface area contributed by atoms with Gasteiger partial charge in [-0.05, 0) is 42.7 Å². The molecule has 0 aromatic heterocycles. The molecule has 0 aliphatic rings. The standard InChI is InChI=1S/C19H21NO3S/c1-13-5-3-4-6-17(13)24-12-18(21)20-16-9-7-15(8-10-16)11-14(2)19(22)23/h3-10,14H,11-12H2,1-2H3,(H,20,21)(H,22,23). The number of hydrogen-bond acceptors (Lipinski definition) is 3. The van der Waals surface area contributed by atoms with Crippen molar-refractivity contribution >= 4 is 29.3 Å². The van der Waals surface area contributed by atoms with Gasteiger partial charge in [0.25, 0.3) is 0 Å². The van der Waals surface area contributed by atoms with Gasteiger partial charge in [-0.2, -0.15) is 0 Å². The van der Waals surface area contributed by atoms with Crippen LogP contribution in [0.5, 0.6) is 0 Å². The molecule has 0 aliphatic carbocycles. The molecule has 5 heteroatoms. The van der Waals surface area contributed by atoms with Gasteiger partial charge < -0.3 is 10.4 Å². The van der Waals surface area contributed by atoms with E-state index in [1.807, 2.05) is 43.3 Å². The van der Waals surface area contributed by atoms with Crippen molar-refractivity contribution in [1.29, 1.82) is 0 Å². The highest BCUT2D eigenvalue weighted by Crippen LogP contribution is 2.22. The molecule has 1 atom stereocenters. The molecule has 0 aliphatic heterocycles. The van der Waals surface area contributed by atoms with Gasteiger partial charge in [0.1, 0.15) is 0 Å². The maximum atomic E-state index is 12.0. The fourth-order valence-corrected chi connectivity index (χ4v) is 3.05. The highest BCUT2D eigenvalue weighted by Gasteiger charge is 2.11. The predicted molar refractivity (Wildman–Crippen MR) is 97.5 cm³/mol. The number of aryl methyl sites for hydroxylation is 1. The van der Waals surface area contributed by atoms with E-state index in [0.717, 1.165) is 21.7 Å². The lowest BCUT2D eigenvalue weighted by atomic mass is 10.0. The fourth-order valence-electron chi connectivity index (χ4n) is 2.22. The lowest BCUT2D eigenvalue weighted by Gasteiger charge is -2.09. The molecule has 2 rings (SSSR count). The van der Waals surface area contributed by atoms with E-state index < -0.39 is 11.9 Å². The second kappa shape index (κ2) is 8.55. The van der Waals surface area contributed by atoms with Crippen molar-refractivity contribution < 1.29 is 14.7 Å². The maximum Gasteiger partial charge on any atom is 0.306 e. The van der Waals surface area contributed by atoms with Gasteiger partial charge in [-0.1, -0.05) is 37.3 Å². The van der Waals surface area contributed by atoms with Crippen molar-refractivity contribution in [2.24, 2.45) is 5.92 Å². The minimum Gasteiger partial charge on any atom is -0.481 e. The summed E-state index contributed by atoms with van der Waals surface area (Å²) in [4.78, 5) is 24.0. The van der Waals surface area contributed by atoms with Crippen LogP contribution in [-0.4, -0.2) is 22.7 Å². The van der Waals surface area contributed by atoms with Crippen molar-refractivity contribution in [3.63, 3.8) is 0 Å². The Morgan fingerprint density at radius 2 is 1.79 bits per heavy atom. The van der Waals surface area contributed by atoms with Crippen LogP contribution in [0, 0.1) is 12.8 Å². The van der Waals surface area contributed by atoms with Crippen LogP contribution in [-0.2, 0) is 16.0 Å². The van der Waals surface area contributed by atoms with Gasteiger partial charge in [0.15, 0.2) is 0 Å². The first kappa shape index (κ1) is 18.1. The molecule has 1 unspecified atom stereocenters. The number of carboxylic acids is 1. The second-order valence-corrected chi connectivity index (χ2v) is 6.76. The molecule has 2 N–H and O–H groups in total. The van der Waals surface area contributed by atoms with Crippen LogP contribution in [0.15, 0.2) is 53.4 Å². The summed E-state index contributed by atoms with van der Waals surface area (Å²) in [5.41, 5.74) is 2.82. The van der Waals surface area contributed by atoms with Gasteiger partial charge in [-0.25, -0.2) is 0 Å². The monoisotopic (exact) mass is 343 g/mol. The van der Waals surface area contributed by atoms with Crippen LogP contribution in [0.1, 0.15) is 18.1 Å². The van der Waals surface area contributed by atoms with Crippen LogP contribution in [0.2, 0.25) is 0 Å². The Morgan fingerprint density at radius 1 is 1.12 bits per heavy atom. The number of carboxylic acid groups (broad SMARTS) is 1. The summed E-state index contributed by atoms with van der Waals surface area (Å²) in [7, 11) is 0. The van der Waals surface area contributed by atoms with Crippen LogP contribution < -0.4 is 5.32 Å². The summed E-state index contributed by atoms with van der Waals surface area (Å²) < 4.78 is 0. The predicted octanol–water partition coefficient (Wildman–Crippen LogP) is 3.99. The van der Waals surface area contributed by atoms with Crippen LogP contribution >= 0.6 is 11.8 Å². The zero-order valence-corrected chi connectivity index (χ0v) is 14.6. The smallest absolute Gasteiger partial charge is 0.306 e. The van der Waals surface area contributed by atoms with E-state index in [2.05, 4.69) is 5.32 Å². The van der Waals surface area contributed by atoms with E-state index in [0.29, 0.717) is 12.2 Å². The van der Waals surface area contributed by atoms with Gasteiger partial charge in [-0.15, -0.1) is 11.8 Å². The Hall–Kier alpha value is -2.27. The molecule has 24 heavy (non-hydrogen) atoms. The summed E-state index contributed by atoms with van der Waals surface area (Å²) in [6.45, 7) is 3.71. The van der Waals surface area contributed by atoms with Gasteiger partial charge in [-0.3, -0.25) is 9.59 Å². The SMILES string of the molecule is Cc1ccccc1SCC(=O)Nc1ccc(CC(C)C(=O)O)cc1. The molecule has 126 valence electrons. The van der Waals surface area contributed by atoms with Crippen molar-refractivity contribution in [3.8, 4) is 0 Å². The van der Waals surface area contributed by atoms with E-state index in [-0.39, 0.29) is 5.91 Å². The number of amides is 1. The van der Waals surface area contributed by atoms with Gasteiger partial charge in [0.05, 0.1) is 11.7 Å². The Labute approximate surface area is 146 Å². The zero-order chi connectivity index (χ0) is 17.5. The summed E-state index contributed by atoms with van der Waals surface area (Å²) in [6.07, 6.45) is 0.479. The Balaban J connectivity index is 1.86. The number of anilines is 1. The first-order chi connectivity index (χ1) is 11.5. The van der Waals surface area contributed by atoms with Gasteiger partial charge in [0, 0.05) is 10.6 Å². The maximum absolute atomic E-state index is 12.0. The number of carbonyl (C=O) groups is 2. The topological polar surface area (TPSA) is 66.4 Å². The Morgan fingerprint density at radius 3 is 2.42 bits per heavy atom.